The second-order valence-corrected chi connectivity index (χ2v) is 6.49. The number of aromatic nitrogens is 2. The number of aromatic amines is 1. The number of rotatable bonds is 3. The number of hydrogen-bond acceptors (Lipinski definition) is 2. The Morgan fingerprint density at radius 1 is 1.10 bits per heavy atom. The van der Waals surface area contributed by atoms with Crippen molar-refractivity contribution in [1.29, 1.82) is 0 Å². The summed E-state index contributed by atoms with van der Waals surface area (Å²) >= 11 is 0. The zero-order valence-electron chi connectivity index (χ0n) is 12.5. The van der Waals surface area contributed by atoms with E-state index in [-0.39, 0.29) is 0 Å². The highest BCUT2D eigenvalue weighted by Gasteiger charge is 2.35. The summed E-state index contributed by atoms with van der Waals surface area (Å²) in [4.78, 5) is 10.7. The Morgan fingerprint density at radius 3 is 2.86 bits per heavy atom. The topological polar surface area (TPSA) is 31.9 Å². The van der Waals surface area contributed by atoms with Gasteiger partial charge in [0, 0.05) is 30.0 Å². The molecule has 1 saturated carbocycles. The van der Waals surface area contributed by atoms with Gasteiger partial charge in [-0.25, -0.2) is 4.98 Å². The van der Waals surface area contributed by atoms with Crippen molar-refractivity contribution < 1.29 is 0 Å². The largest absolute Gasteiger partial charge is 0.341 e. The van der Waals surface area contributed by atoms with Gasteiger partial charge in [-0.1, -0.05) is 43.2 Å². The van der Waals surface area contributed by atoms with Crippen molar-refractivity contribution in [3.05, 3.63) is 42.2 Å². The molecule has 2 fully saturated rings. The standard InChI is InChI=1S/C18H23N3/c1-2-7-15(8-3-1)18-19-12-16(20-18)13-21-11-10-14-6-4-5-9-17(14)21/h1-3,7-8,12,14,17H,4-6,9-11,13H2,(H,19,20). The van der Waals surface area contributed by atoms with E-state index in [2.05, 4.69) is 39.1 Å². The molecule has 110 valence electrons. The normalized spacial score (nSPS) is 25.9. The molecule has 0 bridgehead atoms. The Kier molecular flexibility index (Phi) is 3.52. The van der Waals surface area contributed by atoms with E-state index in [1.54, 1.807) is 0 Å². The van der Waals surface area contributed by atoms with Crippen LogP contribution in [0.1, 0.15) is 37.8 Å². The average Bonchev–Trinajstić information content (AvgIpc) is 3.17. The molecule has 1 aliphatic heterocycles. The predicted molar refractivity (Wildman–Crippen MR) is 84.8 cm³/mol. The number of nitrogens with one attached hydrogen (secondary N) is 1. The summed E-state index contributed by atoms with van der Waals surface area (Å²) < 4.78 is 0. The maximum atomic E-state index is 4.55. The number of fused-ring (bicyclic) bond motifs is 1. The first-order valence-corrected chi connectivity index (χ1v) is 8.23. The van der Waals surface area contributed by atoms with E-state index in [9.17, 15) is 0 Å². The molecule has 2 heterocycles. The number of H-pyrrole nitrogens is 1. The fraction of sp³-hybridized carbons (Fsp3) is 0.500. The molecule has 1 saturated heterocycles. The molecule has 4 rings (SSSR count). The van der Waals surface area contributed by atoms with Crippen LogP contribution in [0.4, 0.5) is 0 Å². The van der Waals surface area contributed by atoms with Crippen molar-refractivity contribution in [1.82, 2.24) is 14.9 Å². The third-order valence-electron chi connectivity index (χ3n) is 5.17. The molecule has 2 aromatic rings. The fourth-order valence-corrected chi connectivity index (χ4v) is 4.10. The Hall–Kier alpha value is -1.61. The van der Waals surface area contributed by atoms with Crippen LogP contribution in [-0.4, -0.2) is 27.5 Å². The molecule has 1 aromatic heterocycles. The van der Waals surface area contributed by atoms with Gasteiger partial charge in [-0.05, 0) is 31.7 Å². The molecular formula is C18H23N3. The summed E-state index contributed by atoms with van der Waals surface area (Å²) in [6, 6.07) is 11.2. The third kappa shape index (κ3) is 2.62. The summed E-state index contributed by atoms with van der Waals surface area (Å²) in [5.74, 6) is 1.94. The van der Waals surface area contributed by atoms with Crippen LogP contribution in [-0.2, 0) is 6.54 Å². The van der Waals surface area contributed by atoms with Crippen LogP contribution in [0.3, 0.4) is 0 Å². The number of benzene rings is 1. The Morgan fingerprint density at radius 2 is 1.95 bits per heavy atom. The van der Waals surface area contributed by atoms with Gasteiger partial charge in [0.1, 0.15) is 5.82 Å². The van der Waals surface area contributed by atoms with E-state index < -0.39 is 0 Å². The van der Waals surface area contributed by atoms with Gasteiger partial charge in [-0.3, -0.25) is 4.90 Å². The number of likely N-dealkylation sites (tertiary alicyclic amines) is 1. The van der Waals surface area contributed by atoms with Gasteiger partial charge in [0.2, 0.25) is 0 Å². The molecule has 2 aliphatic rings. The smallest absolute Gasteiger partial charge is 0.137 e. The Balaban J connectivity index is 1.47. The first-order chi connectivity index (χ1) is 10.4. The van der Waals surface area contributed by atoms with Crippen molar-refractivity contribution in [3.8, 4) is 11.4 Å². The maximum Gasteiger partial charge on any atom is 0.137 e. The quantitative estimate of drug-likeness (QED) is 0.927. The van der Waals surface area contributed by atoms with Crippen LogP contribution in [0.15, 0.2) is 36.5 Å². The second-order valence-electron chi connectivity index (χ2n) is 6.49. The molecule has 21 heavy (non-hydrogen) atoms. The van der Waals surface area contributed by atoms with Crippen molar-refractivity contribution in [2.75, 3.05) is 6.54 Å². The van der Waals surface area contributed by atoms with E-state index in [4.69, 9.17) is 0 Å². The van der Waals surface area contributed by atoms with Gasteiger partial charge < -0.3 is 4.98 Å². The van der Waals surface area contributed by atoms with Gasteiger partial charge >= 0.3 is 0 Å². The van der Waals surface area contributed by atoms with Crippen LogP contribution in [0.25, 0.3) is 11.4 Å². The highest BCUT2D eigenvalue weighted by Crippen LogP contribution is 2.36. The monoisotopic (exact) mass is 281 g/mol. The molecular weight excluding hydrogens is 258 g/mol. The summed E-state index contributed by atoms with van der Waals surface area (Å²) in [5, 5.41) is 0. The van der Waals surface area contributed by atoms with Crippen LogP contribution in [0, 0.1) is 5.92 Å². The maximum absolute atomic E-state index is 4.55. The van der Waals surface area contributed by atoms with Crippen molar-refractivity contribution >= 4 is 0 Å². The lowest BCUT2D eigenvalue weighted by Crippen LogP contribution is -2.34. The van der Waals surface area contributed by atoms with Gasteiger partial charge in [0.25, 0.3) is 0 Å². The van der Waals surface area contributed by atoms with Gasteiger partial charge in [-0.2, -0.15) is 0 Å². The molecule has 0 radical (unpaired) electrons. The molecule has 2 unspecified atom stereocenters. The number of imidazole rings is 1. The van der Waals surface area contributed by atoms with E-state index >= 15 is 0 Å². The molecule has 0 spiro atoms. The highest BCUT2D eigenvalue weighted by molar-refractivity contribution is 5.54. The highest BCUT2D eigenvalue weighted by atomic mass is 15.2. The molecule has 3 heteroatoms. The first-order valence-electron chi connectivity index (χ1n) is 8.23. The lowest BCUT2D eigenvalue weighted by molar-refractivity contribution is 0.174. The average molecular weight is 281 g/mol. The van der Waals surface area contributed by atoms with Crippen molar-refractivity contribution in [3.63, 3.8) is 0 Å². The van der Waals surface area contributed by atoms with Crippen LogP contribution in [0.2, 0.25) is 0 Å². The van der Waals surface area contributed by atoms with Crippen LogP contribution >= 0.6 is 0 Å². The summed E-state index contributed by atoms with van der Waals surface area (Å²) in [7, 11) is 0. The van der Waals surface area contributed by atoms with Crippen molar-refractivity contribution in [2.45, 2.75) is 44.7 Å². The summed E-state index contributed by atoms with van der Waals surface area (Å²) in [6.45, 7) is 2.29. The minimum atomic E-state index is 0.822. The van der Waals surface area contributed by atoms with E-state index in [0.717, 1.165) is 24.3 Å². The van der Waals surface area contributed by atoms with Crippen molar-refractivity contribution in [2.24, 2.45) is 5.92 Å². The van der Waals surface area contributed by atoms with Crippen LogP contribution in [0.5, 0.6) is 0 Å². The third-order valence-corrected chi connectivity index (χ3v) is 5.17. The van der Waals surface area contributed by atoms with E-state index in [1.165, 1.54) is 49.9 Å². The molecule has 2 atom stereocenters. The molecule has 1 aliphatic carbocycles. The predicted octanol–water partition coefficient (Wildman–Crippen LogP) is 3.84. The lowest BCUT2D eigenvalue weighted by atomic mass is 9.85. The zero-order valence-corrected chi connectivity index (χ0v) is 12.5. The first kappa shape index (κ1) is 13.1. The Labute approximate surface area is 126 Å². The Bertz CT molecular complexity index is 590. The minimum Gasteiger partial charge on any atom is -0.341 e. The molecule has 1 N–H and O–H groups in total. The number of hydrogen-bond donors (Lipinski definition) is 1. The number of nitrogens with zero attached hydrogens (tertiary/aromatic N) is 2. The molecule has 1 aromatic carbocycles. The fourth-order valence-electron chi connectivity index (χ4n) is 4.10. The second kappa shape index (κ2) is 5.64. The lowest BCUT2D eigenvalue weighted by Gasteiger charge is -2.31. The SMILES string of the molecule is c1ccc(-c2ncc(CN3CCC4CCCCC43)[nH]2)cc1. The molecule has 3 nitrogen and oxygen atoms in total. The van der Waals surface area contributed by atoms with Crippen LogP contribution < -0.4 is 0 Å². The van der Waals surface area contributed by atoms with Gasteiger partial charge in [0.15, 0.2) is 0 Å². The molecule has 0 amide bonds. The summed E-state index contributed by atoms with van der Waals surface area (Å²) in [6.07, 6.45) is 9.10. The summed E-state index contributed by atoms with van der Waals surface area (Å²) in [5.41, 5.74) is 2.42. The zero-order chi connectivity index (χ0) is 14.1. The minimum absolute atomic E-state index is 0.822. The van der Waals surface area contributed by atoms with Gasteiger partial charge in [0.05, 0.1) is 0 Å². The van der Waals surface area contributed by atoms with E-state index in [1.807, 2.05) is 12.3 Å². The van der Waals surface area contributed by atoms with Gasteiger partial charge in [-0.15, -0.1) is 0 Å². The van der Waals surface area contributed by atoms with E-state index in [0.29, 0.717) is 0 Å².